The number of anilines is 2. The van der Waals surface area contributed by atoms with Crippen molar-refractivity contribution in [1.82, 2.24) is 15.0 Å². The van der Waals surface area contributed by atoms with Crippen molar-refractivity contribution >= 4 is 38.8 Å². The number of benzene rings is 1. The first-order chi connectivity index (χ1) is 13.7. The number of carbonyl (C=O) groups is 1. The van der Waals surface area contributed by atoms with Crippen LogP contribution < -0.4 is 15.4 Å². The SMILES string of the molecule is CCN(C(=O)O)c1cc(NCc2ccc(S(N)(=O)=O)cc2)c2ncc(C)nc2n1. The molecule has 2 aromatic heterocycles. The third-order valence-electron chi connectivity index (χ3n) is 4.18. The maximum atomic E-state index is 11.5. The molecule has 0 aliphatic rings. The Hall–Kier alpha value is -3.31. The van der Waals surface area contributed by atoms with Gasteiger partial charge in [0.2, 0.25) is 10.0 Å². The second kappa shape index (κ2) is 7.97. The summed E-state index contributed by atoms with van der Waals surface area (Å²) in [4.78, 5) is 25.7. The molecule has 2 heterocycles. The van der Waals surface area contributed by atoms with Gasteiger partial charge in [0.25, 0.3) is 0 Å². The Morgan fingerprint density at radius 1 is 1.24 bits per heavy atom. The van der Waals surface area contributed by atoms with Gasteiger partial charge in [0.1, 0.15) is 11.3 Å². The molecule has 0 spiro atoms. The summed E-state index contributed by atoms with van der Waals surface area (Å²) >= 11 is 0. The minimum absolute atomic E-state index is 0.0271. The number of carboxylic acid groups (broad SMARTS) is 1. The summed E-state index contributed by atoms with van der Waals surface area (Å²) in [5.41, 5.74) is 2.85. The van der Waals surface area contributed by atoms with Gasteiger partial charge in [0.15, 0.2) is 5.65 Å². The average Bonchev–Trinajstić information content (AvgIpc) is 2.65. The van der Waals surface area contributed by atoms with Crippen LogP contribution in [-0.2, 0) is 16.6 Å². The van der Waals surface area contributed by atoms with Crippen molar-refractivity contribution in [1.29, 1.82) is 0 Å². The molecule has 0 aliphatic carbocycles. The van der Waals surface area contributed by atoms with Crippen LogP contribution in [0.15, 0.2) is 41.4 Å². The number of hydrogen-bond donors (Lipinski definition) is 3. The Balaban J connectivity index is 1.96. The van der Waals surface area contributed by atoms with E-state index >= 15 is 0 Å². The van der Waals surface area contributed by atoms with Crippen molar-refractivity contribution in [3.05, 3.63) is 47.8 Å². The highest BCUT2D eigenvalue weighted by Gasteiger charge is 2.17. The fraction of sp³-hybridized carbons (Fsp3) is 0.222. The van der Waals surface area contributed by atoms with Crippen molar-refractivity contribution < 1.29 is 18.3 Å². The maximum Gasteiger partial charge on any atom is 0.413 e. The first kappa shape index (κ1) is 20.4. The van der Waals surface area contributed by atoms with Crippen LogP contribution in [0.25, 0.3) is 11.2 Å². The number of hydrogen-bond acceptors (Lipinski definition) is 7. The third kappa shape index (κ3) is 4.58. The van der Waals surface area contributed by atoms with E-state index in [1.807, 2.05) is 0 Å². The quantitative estimate of drug-likeness (QED) is 0.552. The van der Waals surface area contributed by atoms with Gasteiger partial charge in [-0.05, 0) is 31.5 Å². The average molecular weight is 416 g/mol. The number of amides is 1. The molecule has 3 rings (SSSR count). The van der Waals surface area contributed by atoms with E-state index < -0.39 is 16.1 Å². The largest absolute Gasteiger partial charge is 0.465 e. The molecule has 0 saturated heterocycles. The molecule has 29 heavy (non-hydrogen) atoms. The summed E-state index contributed by atoms with van der Waals surface area (Å²) in [6.07, 6.45) is 0.481. The van der Waals surface area contributed by atoms with Gasteiger partial charge in [-0.25, -0.2) is 33.3 Å². The first-order valence-corrected chi connectivity index (χ1v) is 10.2. The number of aromatic nitrogens is 3. The summed E-state index contributed by atoms with van der Waals surface area (Å²) in [6.45, 7) is 4.05. The van der Waals surface area contributed by atoms with Gasteiger partial charge >= 0.3 is 6.09 Å². The molecular weight excluding hydrogens is 396 g/mol. The minimum Gasteiger partial charge on any atom is -0.465 e. The zero-order valence-corrected chi connectivity index (χ0v) is 16.6. The van der Waals surface area contributed by atoms with Gasteiger partial charge in [0, 0.05) is 25.4 Å². The molecule has 11 heteroatoms. The standard InChI is InChI=1S/C18H20N6O4S/c1-3-24(18(25)26)15-8-14(16-17(23-15)22-11(2)9-21-16)20-10-12-4-6-13(7-5-12)29(19,27)28/h4-9H,3,10H2,1-2H3,(H,25,26)(H2,19,27,28)(H,20,22,23). The smallest absolute Gasteiger partial charge is 0.413 e. The topological polar surface area (TPSA) is 151 Å². The molecule has 0 atom stereocenters. The van der Waals surface area contributed by atoms with Gasteiger partial charge in [-0.2, -0.15) is 0 Å². The normalized spacial score (nSPS) is 11.4. The molecule has 1 amide bonds. The number of sulfonamides is 1. The van der Waals surface area contributed by atoms with Crippen LogP contribution in [0.2, 0.25) is 0 Å². The van der Waals surface area contributed by atoms with E-state index in [9.17, 15) is 18.3 Å². The fourth-order valence-corrected chi connectivity index (χ4v) is 3.25. The van der Waals surface area contributed by atoms with Gasteiger partial charge in [-0.1, -0.05) is 12.1 Å². The van der Waals surface area contributed by atoms with Gasteiger partial charge < -0.3 is 10.4 Å². The zero-order valence-electron chi connectivity index (χ0n) is 15.8. The molecule has 3 aromatic rings. The van der Waals surface area contributed by atoms with E-state index in [0.717, 1.165) is 10.5 Å². The van der Waals surface area contributed by atoms with Crippen molar-refractivity contribution in [3.8, 4) is 0 Å². The molecule has 0 aliphatic heterocycles. The second-order valence-corrected chi connectivity index (χ2v) is 7.84. The molecule has 0 radical (unpaired) electrons. The predicted molar refractivity (Wildman–Crippen MR) is 108 cm³/mol. The van der Waals surface area contributed by atoms with E-state index in [2.05, 4.69) is 20.3 Å². The number of nitrogens with zero attached hydrogens (tertiary/aromatic N) is 4. The number of pyridine rings is 1. The number of nitrogens with two attached hydrogens (primary N) is 1. The molecule has 152 valence electrons. The van der Waals surface area contributed by atoms with Crippen LogP contribution in [0.4, 0.5) is 16.3 Å². The number of rotatable bonds is 6. The second-order valence-electron chi connectivity index (χ2n) is 6.28. The summed E-state index contributed by atoms with van der Waals surface area (Å²) < 4.78 is 22.7. The van der Waals surface area contributed by atoms with Crippen LogP contribution >= 0.6 is 0 Å². The number of nitrogens with one attached hydrogen (secondary N) is 1. The number of aryl methyl sites for hydroxylation is 1. The van der Waals surface area contributed by atoms with Crippen molar-refractivity contribution in [3.63, 3.8) is 0 Å². The molecule has 4 N–H and O–H groups in total. The van der Waals surface area contributed by atoms with E-state index in [1.165, 1.54) is 12.1 Å². The Morgan fingerprint density at radius 3 is 2.52 bits per heavy atom. The molecule has 1 aromatic carbocycles. The lowest BCUT2D eigenvalue weighted by Gasteiger charge is -2.18. The fourth-order valence-electron chi connectivity index (χ4n) is 2.73. The van der Waals surface area contributed by atoms with Gasteiger partial charge in [-0.15, -0.1) is 0 Å². The van der Waals surface area contributed by atoms with Crippen molar-refractivity contribution in [2.24, 2.45) is 5.14 Å². The van der Waals surface area contributed by atoms with Gasteiger partial charge in [-0.3, -0.25) is 4.90 Å². The van der Waals surface area contributed by atoms with Crippen LogP contribution in [0.3, 0.4) is 0 Å². The highest BCUT2D eigenvalue weighted by molar-refractivity contribution is 7.89. The highest BCUT2D eigenvalue weighted by Crippen LogP contribution is 2.25. The Bertz CT molecular complexity index is 1160. The molecule has 0 fully saturated rings. The lowest BCUT2D eigenvalue weighted by molar-refractivity contribution is 0.202. The van der Waals surface area contributed by atoms with Crippen molar-refractivity contribution in [2.75, 3.05) is 16.8 Å². The van der Waals surface area contributed by atoms with Gasteiger partial charge in [0.05, 0.1) is 16.3 Å². The van der Waals surface area contributed by atoms with Crippen LogP contribution in [0.5, 0.6) is 0 Å². The lowest BCUT2D eigenvalue weighted by atomic mass is 10.2. The summed E-state index contributed by atoms with van der Waals surface area (Å²) in [5, 5.41) is 17.7. The molecular formula is C18H20N6O4S. The Labute approximate surface area is 167 Å². The summed E-state index contributed by atoms with van der Waals surface area (Å²) in [6, 6.07) is 7.73. The number of primary sulfonamides is 1. The monoisotopic (exact) mass is 416 g/mol. The lowest BCUT2D eigenvalue weighted by Crippen LogP contribution is -2.29. The van der Waals surface area contributed by atoms with E-state index in [0.29, 0.717) is 29.1 Å². The molecule has 0 saturated carbocycles. The predicted octanol–water partition coefficient (Wildman–Crippen LogP) is 2.10. The Kier molecular flexibility index (Phi) is 5.62. The van der Waals surface area contributed by atoms with E-state index in [-0.39, 0.29) is 17.3 Å². The van der Waals surface area contributed by atoms with E-state index in [1.54, 1.807) is 38.2 Å². The van der Waals surface area contributed by atoms with Crippen molar-refractivity contribution in [2.45, 2.75) is 25.3 Å². The van der Waals surface area contributed by atoms with Crippen LogP contribution in [0.1, 0.15) is 18.2 Å². The van der Waals surface area contributed by atoms with Crippen LogP contribution in [0, 0.1) is 6.92 Å². The maximum absolute atomic E-state index is 11.5. The highest BCUT2D eigenvalue weighted by atomic mass is 32.2. The molecule has 0 unspecified atom stereocenters. The minimum atomic E-state index is -3.75. The molecule has 10 nitrogen and oxygen atoms in total. The zero-order chi connectivity index (χ0) is 21.2. The summed E-state index contributed by atoms with van der Waals surface area (Å²) in [7, 11) is -3.75. The molecule has 0 bridgehead atoms. The van der Waals surface area contributed by atoms with Crippen LogP contribution in [-0.4, -0.2) is 41.1 Å². The Morgan fingerprint density at radius 2 is 1.93 bits per heavy atom. The van der Waals surface area contributed by atoms with E-state index in [4.69, 9.17) is 5.14 Å². The third-order valence-corrected chi connectivity index (χ3v) is 5.11. The summed E-state index contributed by atoms with van der Waals surface area (Å²) in [5.74, 6) is 0.236. The first-order valence-electron chi connectivity index (χ1n) is 8.69. The number of fused-ring (bicyclic) bond motifs is 1.